The van der Waals surface area contributed by atoms with Crippen molar-refractivity contribution >= 4 is 40.1 Å². The minimum Gasteiger partial charge on any atom is -0.449 e. The van der Waals surface area contributed by atoms with Crippen molar-refractivity contribution in [2.45, 2.75) is 13.8 Å². The lowest BCUT2D eigenvalue weighted by Crippen LogP contribution is -2.35. The first kappa shape index (κ1) is 18.0. The molecule has 6 heteroatoms. The lowest BCUT2D eigenvalue weighted by molar-refractivity contribution is -0.116. The second kappa shape index (κ2) is 7.22. The van der Waals surface area contributed by atoms with Crippen LogP contribution in [0.15, 0.2) is 46.9 Å². The first-order valence-corrected chi connectivity index (χ1v) is 8.54. The van der Waals surface area contributed by atoms with Crippen LogP contribution in [0.3, 0.4) is 0 Å². The number of hydrogen-bond acceptors (Lipinski definition) is 3. The number of para-hydroxylation sites is 1. The zero-order valence-corrected chi connectivity index (χ0v) is 15.6. The van der Waals surface area contributed by atoms with E-state index in [1.165, 1.54) is 4.90 Å². The number of fused-ring (bicyclic) bond motifs is 1. The quantitative estimate of drug-likeness (QED) is 0.739. The van der Waals surface area contributed by atoms with Gasteiger partial charge in [-0.25, -0.2) is 0 Å². The predicted octanol–water partition coefficient (Wildman–Crippen LogP) is 4.41. The van der Waals surface area contributed by atoms with Crippen LogP contribution in [0.2, 0.25) is 5.02 Å². The molecular weight excluding hydrogens is 352 g/mol. The van der Waals surface area contributed by atoms with Crippen LogP contribution in [-0.2, 0) is 4.79 Å². The van der Waals surface area contributed by atoms with Crippen LogP contribution in [0.25, 0.3) is 11.0 Å². The Balaban J connectivity index is 1.73. The van der Waals surface area contributed by atoms with Crippen molar-refractivity contribution in [3.8, 4) is 0 Å². The highest BCUT2D eigenvalue weighted by atomic mass is 35.5. The summed E-state index contributed by atoms with van der Waals surface area (Å²) in [5.74, 6) is -0.455. The molecule has 1 N–H and O–H groups in total. The van der Waals surface area contributed by atoms with Crippen LogP contribution in [0.4, 0.5) is 5.69 Å². The van der Waals surface area contributed by atoms with E-state index in [2.05, 4.69) is 5.32 Å². The number of nitrogens with zero attached hydrogens (tertiary/aromatic N) is 1. The molecule has 2 amide bonds. The number of rotatable bonds is 4. The number of furan rings is 1. The Labute approximate surface area is 156 Å². The number of carbonyl (C=O) groups is 2. The van der Waals surface area contributed by atoms with Crippen LogP contribution in [0.1, 0.15) is 21.7 Å². The van der Waals surface area contributed by atoms with Gasteiger partial charge in [-0.3, -0.25) is 9.59 Å². The number of likely N-dealkylation sites (N-methyl/N-ethyl adjacent to an activating group) is 1. The van der Waals surface area contributed by atoms with E-state index in [4.69, 9.17) is 16.0 Å². The van der Waals surface area contributed by atoms with Crippen molar-refractivity contribution in [3.63, 3.8) is 0 Å². The highest BCUT2D eigenvalue weighted by Gasteiger charge is 2.23. The average molecular weight is 371 g/mol. The molecule has 1 aromatic heterocycles. The summed E-state index contributed by atoms with van der Waals surface area (Å²) in [5.41, 5.74) is 2.98. The Morgan fingerprint density at radius 2 is 1.81 bits per heavy atom. The Kier molecular flexibility index (Phi) is 5.00. The monoisotopic (exact) mass is 370 g/mol. The summed E-state index contributed by atoms with van der Waals surface area (Å²) in [7, 11) is 1.56. The van der Waals surface area contributed by atoms with E-state index < -0.39 is 0 Å². The Morgan fingerprint density at radius 3 is 2.46 bits per heavy atom. The molecule has 26 heavy (non-hydrogen) atoms. The summed E-state index contributed by atoms with van der Waals surface area (Å²) >= 11 is 6.13. The second-order valence-electron chi connectivity index (χ2n) is 6.25. The van der Waals surface area contributed by atoms with Crippen molar-refractivity contribution in [2.75, 3.05) is 18.9 Å². The standard InChI is InChI=1S/C20H19ClN2O3/c1-12-7-9-14(10-8-12)22-17(24)11-23(3)20(25)18-13(2)15-5-4-6-16(21)19(15)26-18/h4-10H,11H2,1-3H3,(H,22,24). The molecule has 0 fully saturated rings. The molecule has 0 radical (unpaired) electrons. The molecule has 0 unspecified atom stereocenters. The molecular formula is C20H19ClN2O3. The van der Waals surface area contributed by atoms with E-state index in [-0.39, 0.29) is 24.1 Å². The smallest absolute Gasteiger partial charge is 0.290 e. The zero-order chi connectivity index (χ0) is 18.8. The molecule has 5 nitrogen and oxygen atoms in total. The van der Waals surface area contributed by atoms with E-state index in [1.54, 1.807) is 26.1 Å². The third kappa shape index (κ3) is 3.58. The molecule has 0 spiro atoms. The maximum Gasteiger partial charge on any atom is 0.290 e. The molecule has 0 aliphatic heterocycles. The number of amides is 2. The van der Waals surface area contributed by atoms with Gasteiger partial charge in [-0.1, -0.05) is 41.4 Å². The van der Waals surface area contributed by atoms with Gasteiger partial charge in [0.25, 0.3) is 5.91 Å². The number of benzene rings is 2. The van der Waals surface area contributed by atoms with Gasteiger partial charge in [0.1, 0.15) is 0 Å². The van der Waals surface area contributed by atoms with Crippen molar-refractivity contribution < 1.29 is 14.0 Å². The van der Waals surface area contributed by atoms with Crippen LogP contribution < -0.4 is 5.32 Å². The van der Waals surface area contributed by atoms with Crippen LogP contribution in [-0.4, -0.2) is 30.3 Å². The molecule has 0 saturated heterocycles. The molecule has 3 aromatic rings. The third-order valence-corrected chi connectivity index (χ3v) is 4.47. The van der Waals surface area contributed by atoms with Gasteiger partial charge < -0.3 is 14.6 Å². The van der Waals surface area contributed by atoms with Gasteiger partial charge in [0.2, 0.25) is 5.91 Å². The maximum absolute atomic E-state index is 12.7. The van der Waals surface area contributed by atoms with E-state index in [1.807, 2.05) is 37.3 Å². The zero-order valence-electron chi connectivity index (χ0n) is 14.8. The first-order chi connectivity index (χ1) is 12.4. The Morgan fingerprint density at radius 1 is 1.12 bits per heavy atom. The van der Waals surface area contributed by atoms with Crippen molar-refractivity contribution in [2.24, 2.45) is 0 Å². The number of hydrogen-bond donors (Lipinski definition) is 1. The summed E-state index contributed by atoms with van der Waals surface area (Å²) in [6.45, 7) is 3.69. The highest BCUT2D eigenvalue weighted by Crippen LogP contribution is 2.31. The summed E-state index contributed by atoms with van der Waals surface area (Å²) in [6.07, 6.45) is 0. The molecule has 0 aliphatic rings. The minimum atomic E-state index is -0.367. The highest BCUT2D eigenvalue weighted by molar-refractivity contribution is 6.35. The number of aryl methyl sites for hydroxylation is 2. The molecule has 0 saturated carbocycles. The van der Waals surface area contributed by atoms with Crippen LogP contribution in [0, 0.1) is 13.8 Å². The van der Waals surface area contributed by atoms with Gasteiger partial charge >= 0.3 is 0 Å². The van der Waals surface area contributed by atoms with Gasteiger partial charge in [-0.05, 0) is 32.0 Å². The minimum absolute atomic E-state index is 0.0864. The van der Waals surface area contributed by atoms with Crippen LogP contribution in [0.5, 0.6) is 0 Å². The fraction of sp³-hybridized carbons (Fsp3) is 0.200. The Bertz CT molecular complexity index is 977. The molecule has 1 heterocycles. The van der Waals surface area contributed by atoms with Gasteiger partial charge in [0, 0.05) is 23.7 Å². The number of carbonyl (C=O) groups excluding carboxylic acids is 2. The van der Waals surface area contributed by atoms with Gasteiger partial charge in [0.05, 0.1) is 11.6 Å². The molecule has 0 bridgehead atoms. The molecule has 2 aromatic carbocycles. The molecule has 134 valence electrons. The number of nitrogens with one attached hydrogen (secondary N) is 1. The molecule has 0 atom stereocenters. The Hall–Kier alpha value is -2.79. The largest absolute Gasteiger partial charge is 0.449 e. The lowest BCUT2D eigenvalue weighted by atomic mass is 10.1. The predicted molar refractivity (Wildman–Crippen MR) is 103 cm³/mol. The molecule has 3 rings (SSSR count). The lowest BCUT2D eigenvalue weighted by Gasteiger charge is -2.16. The number of halogens is 1. The van der Waals surface area contributed by atoms with E-state index in [0.717, 1.165) is 10.9 Å². The van der Waals surface area contributed by atoms with Gasteiger partial charge in [-0.2, -0.15) is 0 Å². The van der Waals surface area contributed by atoms with Crippen molar-refractivity contribution in [1.82, 2.24) is 4.90 Å². The third-order valence-electron chi connectivity index (χ3n) is 4.17. The van der Waals surface area contributed by atoms with Crippen LogP contribution >= 0.6 is 11.6 Å². The van der Waals surface area contributed by atoms with Gasteiger partial charge in [0.15, 0.2) is 11.3 Å². The normalized spacial score (nSPS) is 10.8. The summed E-state index contributed by atoms with van der Waals surface area (Å²) < 4.78 is 5.67. The summed E-state index contributed by atoms with van der Waals surface area (Å²) in [4.78, 5) is 26.2. The number of anilines is 1. The van der Waals surface area contributed by atoms with Crippen molar-refractivity contribution in [3.05, 3.63) is 64.4 Å². The summed E-state index contributed by atoms with van der Waals surface area (Å²) in [6, 6.07) is 12.8. The second-order valence-corrected chi connectivity index (χ2v) is 6.66. The van der Waals surface area contributed by atoms with E-state index >= 15 is 0 Å². The fourth-order valence-electron chi connectivity index (χ4n) is 2.71. The summed E-state index contributed by atoms with van der Waals surface area (Å²) in [5, 5.41) is 4.01. The topological polar surface area (TPSA) is 62.6 Å². The first-order valence-electron chi connectivity index (χ1n) is 8.16. The van der Waals surface area contributed by atoms with Gasteiger partial charge in [-0.15, -0.1) is 0 Å². The maximum atomic E-state index is 12.7. The average Bonchev–Trinajstić information content (AvgIpc) is 2.94. The SMILES string of the molecule is Cc1ccc(NC(=O)CN(C)C(=O)c2oc3c(Cl)cccc3c2C)cc1. The van der Waals surface area contributed by atoms with Crippen molar-refractivity contribution in [1.29, 1.82) is 0 Å². The van der Waals surface area contributed by atoms with E-state index in [9.17, 15) is 9.59 Å². The van der Waals surface area contributed by atoms with E-state index in [0.29, 0.717) is 21.9 Å². The fourth-order valence-corrected chi connectivity index (χ4v) is 2.92. The molecule has 0 aliphatic carbocycles.